The zero-order chi connectivity index (χ0) is 22.8. The minimum absolute atomic E-state index is 0.190. The fourth-order valence-corrected chi connectivity index (χ4v) is 4.34. The molecule has 11 nitrogen and oxygen atoms in total. The Balaban J connectivity index is 1.46. The smallest absolute Gasteiger partial charge is 0.407 e. The van der Waals surface area contributed by atoms with Crippen molar-refractivity contribution in [2.45, 2.75) is 31.4 Å². The van der Waals surface area contributed by atoms with Crippen molar-refractivity contribution in [3.63, 3.8) is 0 Å². The average Bonchev–Trinajstić information content (AvgIpc) is 3.02. The summed E-state index contributed by atoms with van der Waals surface area (Å²) in [6.07, 6.45) is -0.277. The fraction of sp³-hybridized carbons (Fsp3) is 0.524. The first kappa shape index (κ1) is 22.0. The molecule has 2 aliphatic heterocycles. The number of carbonyl (C=O) groups is 3. The maximum Gasteiger partial charge on any atom is 0.407 e. The highest BCUT2D eigenvalue weighted by atomic mass is 16.5. The number of para-hydroxylation sites is 1. The summed E-state index contributed by atoms with van der Waals surface area (Å²) in [6.45, 7) is 1.61. The Morgan fingerprint density at radius 1 is 1.31 bits per heavy atom. The summed E-state index contributed by atoms with van der Waals surface area (Å²) in [7, 11) is 1.66. The van der Waals surface area contributed by atoms with Crippen LogP contribution in [0.15, 0.2) is 23.0 Å². The molecular weight excluding hydrogens is 420 g/mol. The van der Waals surface area contributed by atoms with Crippen LogP contribution < -0.4 is 11.0 Å². The summed E-state index contributed by atoms with van der Waals surface area (Å²) in [5.41, 5.74) is 1.94. The van der Waals surface area contributed by atoms with Crippen LogP contribution in [0.3, 0.4) is 0 Å². The highest BCUT2D eigenvalue weighted by Crippen LogP contribution is 2.25. The van der Waals surface area contributed by atoms with Gasteiger partial charge in [-0.3, -0.25) is 24.0 Å². The highest BCUT2D eigenvalue weighted by Gasteiger charge is 2.31. The van der Waals surface area contributed by atoms with Gasteiger partial charge in [0.05, 0.1) is 43.5 Å². The first-order valence-corrected chi connectivity index (χ1v) is 10.6. The predicted octanol–water partition coefficient (Wildman–Crippen LogP) is 0.256. The van der Waals surface area contributed by atoms with Crippen LogP contribution in [0.1, 0.15) is 24.4 Å². The average molecular weight is 446 g/mol. The van der Waals surface area contributed by atoms with Crippen molar-refractivity contribution >= 4 is 28.9 Å². The molecule has 2 saturated heterocycles. The van der Waals surface area contributed by atoms with Gasteiger partial charge < -0.3 is 19.5 Å². The minimum atomic E-state index is -0.966. The Bertz CT molecular complexity index is 1110. The van der Waals surface area contributed by atoms with E-state index in [0.717, 1.165) is 11.1 Å². The van der Waals surface area contributed by atoms with E-state index in [-0.39, 0.29) is 43.7 Å². The predicted molar refractivity (Wildman–Crippen MR) is 112 cm³/mol. The van der Waals surface area contributed by atoms with Gasteiger partial charge in [-0.15, -0.1) is 0 Å². The van der Waals surface area contributed by atoms with E-state index in [0.29, 0.717) is 31.7 Å². The number of hydrogen-bond donors (Lipinski definition) is 2. The lowest BCUT2D eigenvalue weighted by atomic mass is 10.1. The molecule has 11 heteroatoms. The summed E-state index contributed by atoms with van der Waals surface area (Å²) >= 11 is 0. The second-order valence-corrected chi connectivity index (χ2v) is 8.01. The molecular formula is C21H26N4O7. The third kappa shape index (κ3) is 4.26. The number of amides is 3. The molecule has 2 aromatic rings. The van der Waals surface area contributed by atoms with Gasteiger partial charge in [-0.25, -0.2) is 9.59 Å². The van der Waals surface area contributed by atoms with E-state index in [9.17, 15) is 19.2 Å². The third-order valence-corrected chi connectivity index (χ3v) is 5.94. The number of carbonyl (C=O) groups excluding carboxylic acids is 2. The van der Waals surface area contributed by atoms with E-state index >= 15 is 0 Å². The number of ether oxygens (including phenoxy) is 2. The van der Waals surface area contributed by atoms with Crippen molar-refractivity contribution in [3.05, 3.63) is 34.2 Å². The Labute approximate surface area is 183 Å². The molecule has 2 atom stereocenters. The van der Waals surface area contributed by atoms with E-state index in [1.165, 1.54) is 14.0 Å². The van der Waals surface area contributed by atoms with Crippen LogP contribution in [0, 0.1) is 0 Å². The summed E-state index contributed by atoms with van der Waals surface area (Å²) in [6, 6.07) is 4.80. The molecule has 2 fully saturated rings. The van der Waals surface area contributed by atoms with E-state index in [4.69, 9.17) is 14.6 Å². The van der Waals surface area contributed by atoms with Crippen molar-refractivity contribution in [2.75, 3.05) is 32.9 Å². The van der Waals surface area contributed by atoms with Gasteiger partial charge in [-0.1, -0.05) is 12.1 Å². The highest BCUT2D eigenvalue weighted by molar-refractivity contribution is 6.00. The lowest BCUT2D eigenvalue weighted by molar-refractivity contribution is -0.135. The molecule has 32 heavy (non-hydrogen) atoms. The van der Waals surface area contributed by atoms with Crippen molar-refractivity contribution in [3.8, 4) is 0 Å². The molecule has 1 unspecified atom stereocenters. The molecule has 1 aromatic carbocycles. The van der Waals surface area contributed by atoms with E-state index in [1.807, 2.05) is 12.1 Å². The molecule has 0 bridgehead atoms. The molecule has 4 rings (SSSR count). The zero-order valence-corrected chi connectivity index (χ0v) is 17.8. The van der Waals surface area contributed by atoms with Crippen molar-refractivity contribution in [1.82, 2.24) is 19.4 Å². The van der Waals surface area contributed by atoms with Crippen LogP contribution in [-0.2, 0) is 32.5 Å². The topological polar surface area (TPSA) is 132 Å². The number of nitrogens with zero attached hydrogens (tertiary/aromatic N) is 3. The van der Waals surface area contributed by atoms with Gasteiger partial charge in [0.25, 0.3) is 0 Å². The number of morpholine rings is 1. The third-order valence-electron chi connectivity index (χ3n) is 5.94. The number of rotatable bonds is 6. The number of benzene rings is 1. The Morgan fingerprint density at radius 3 is 2.88 bits per heavy atom. The first-order chi connectivity index (χ1) is 15.4. The van der Waals surface area contributed by atoms with Gasteiger partial charge in [0.2, 0.25) is 11.8 Å². The molecule has 3 amide bonds. The molecule has 2 aliphatic rings. The fourth-order valence-electron chi connectivity index (χ4n) is 4.34. The summed E-state index contributed by atoms with van der Waals surface area (Å²) < 4.78 is 14.3. The number of nitrogens with one attached hydrogen (secondary N) is 1. The maximum absolute atomic E-state index is 12.9. The number of fused-ring (bicyclic) bond motifs is 1. The number of hydrogen-bond acceptors (Lipinski definition) is 6. The Hall–Kier alpha value is -3.18. The number of imide groups is 1. The van der Waals surface area contributed by atoms with Gasteiger partial charge in [0.15, 0.2) is 0 Å². The van der Waals surface area contributed by atoms with Gasteiger partial charge in [-0.2, -0.15) is 0 Å². The van der Waals surface area contributed by atoms with Crippen molar-refractivity contribution in [1.29, 1.82) is 0 Å². The Morgan fingerprint density at radius 2 is 2.12 bits per heavy atom. The largest absolute Gasteiger partial charge is 0.465 e. The lowest BCUT2D eigenvalue weighted by Gasteiger charge is -2.30. The molecule has 1 aromatic heterocycles. The lowest BCUT2D eigenvalue weighted by Crippen LogP contribution is -2.46. The van der Waals surface area contributed by atoms with Crippen molar-refractivity contribution in [2.24, 2.45) is 7.05 Å². The van der Waals surface area contributed by atoms with Gasteiger partial charge in [-0.05, 0) is 24.5 Å². The van der Waals surface area contributed by atoms with Crippen molar-refractivity contribution < 1.29 is 29.0 Å². The number of piperidine rings is 1. The molecule has 0 spiro atoms. The number of aromatic nitrogens is 2. The number of imidazole rings is 1. The van der Waals surface area contributed by atoms with Crippen LogP contribution in [0.5, 0.6) is 0 Å². The zero-order valence-electron chi connectivity index (χ0n) is 17.8. The van der Waals surface area contributed by atoms with Crippen LogP contribution in [-0.4, -0.2) is 76.1 Å². The van der Waals surface area contributed by atoms with Gasteiger partial charge >= 0.3 is 11.8 Å². The quantitative estimate of drug-likeness (QED) is 0.480. The molecule has 0 radical (unpaired) electrons. The molecule has 0 saturated carbocycles. The first-order valence-electron chi connectivity index (χ1n) is 10.6. The number of carboxylic acid groups (broad SMARTS) is 1. The Kier molecular flexibility index (Phi) is 6.28. The summed E-state index contributed by atoms with van der Waals surface area (Å²) in [5, 5.41) is 11.4. The van der Waals surface area contributed by atoms with E-state index < -0.39 is 18.0 Å². The SMILES string of the molecule is Cn1c(=O)n(C2CCC(=O)NC2=O)c2cccc(CCOC[C@@H]3CN(C(=O)O)CCO3)c21. The summed E-state index contributed by atoms with van der Waals surface area (Å²) in [4.78, 5) is 49.2. The number of aryl methyl sites for hydroxylation is 1. The monoisotopic (exact) mass is 446 g/mol. The van der Waals surface area contributed by atoms with Gasteiger partial charge in [0.1, 0.15) is 6.04 Å². The second-order valence-electron chi connectivity index (χ2n) is 8.01. The molecule has 172 valence electrons. The molecule has 2 N–H and O–H groups in total. The normalized spacial score (nSPS) is 21.7. The molecule has 3 heterocycles. The standard InChI is InChI=1S/C21H26N4O7/c1-23-18-13(7-9-31-12-14-11-24(21(29)30)8-10-32-14)3-2-4-15(18)25(20(23)28)16-5-6-17(26)22-19(16)27/h2-4,14,16H,5-12H2,1H3,(H,29,30)(H,22,26,27)/t14-,16?/m0/s1. The van der Waals surface area contributed by atoms with E-state index in [1.54, 1.807) is 13.1 Å². The molecule has 0 aliphatic carbocycles. The van der Waals surface area contributed by atoms with Crippen LogP contribution in [0.2, 0.25) is 0 Å². The van der Waals surface area contributed by atoms with Crippen LogP contribution in [0.25, 0.3) is 11.0 Å². The second kappa shape index (κ2) is 9.13. The van der Waals surface area contributed by atoms with Crippen LogP contribution in [0.4, 0.5) is 4.79 Å². The minimum Gasteiger partial charge on any atom is -0.465 e. The van der Waals surface area contributed by atoms with Gasteiger partial charge in [0, 0.05) is 20.0 Å². The van der Waals surface area contributed by atoms with Crippen LogP contribution >= 0.6 is 0 Å². The van der Waals surface area contributed by atoms with E-state index in [2.05, 4.69) is 5.32 Å². The maximum atomic E-state index is 12.9. The summed E-state index contributed by atoms with van der Waals surface area (Å²) in [5.74, 6) is -0.793.